The van der Waals surface area contributed by atoms with Crippen LogP contribution < -0.4 is 0 Å². The van der Waals surface area contributed by atoms with E-state index in [1.807, 2.05) is 0 Å². The molecule has 12 rings (SSSR count). The third-order valence-corrected chi connectivity index (χ3v) is 14.4. The Balaban J connectivity index is 1.12. The molecule has 0 saturated carbocycles. The van der Waals surface area contributed by atoms with Crippen LogP contribution in [0, 0.1) is 0 Å². The third kappa shape index (κ3) is 6.58. The summed E-state index contributed by atoms with van der Waals surface area (Å²) < 4.78 is 0. The lowest BCUT2D eigenvalue weighted by Crippen LogP contribution is -1.93. The zero-order valence-corrected chi connectivity index (χ0v) is 37.9. The van der Waals surface area contributed by atoms with Gasteiger partial charge in [0.15, 0.2) is 0 Å². The fourth-order valence-corrected chi connectivity index (χ4v) is 11.3. The maximum Gasteiger partial charge on any atom is -0.000741 e. The molecule has 0 saturated heterocycles. The lowest BCUT2D eigenvalue weighted by molar-refractivity contribution is 0.795. The van der Waals surface area contributed by atoms with Gasteiger partial charge in [0.2, 0.25) is 0 Å². The summed E-state index contributed by atoms with van der Waals surface area (Å²) in [7, 11) is 0. The Kier molecular flexibility index (Phi) is 10.2. The second-order valence-electron chi connectivity index (χ2n) is 18.3. The summed E-state index contributed by atoms with van der Waals surface area (Å²) in [5.74, 6) is 0. The smallest absolute Gasteiger partial charge is 0.000741 e. The van der Waals surface area contributed by atoms with E-state index >= 15 is 0 Å². The van der Waals surface area contributed by atoms with Crippen LogP contribution in [0.4, 0.5) is 0 Å². The lowest BCUT2D eigenvalue weighted by atomic mass is 9.82. The molecule has 0 bridgehead atoms. The highest BCUT2D eigenvalue weighted by Gasteiger charge is 2.31. The first-order chi connectivity index (χ1) is 32.7. The van der Waals surface area contributed by atoms with Gasteiger partial charge in [-0.3, -0.25) is 0 Å². The molecule has 0 nitrogen and oxygen atoms in total. The summed E-state index contributed by atoms with van der Waals surface area (Å²) in [6, 6.07) is 78.2. The van der Waals surface area contributed by atoms with E-state index in [2.05, 4.69) is 220 Å². The highest BCUT2D eigenvalue weighted by atomic mass is 14.3. The first-order valence-electron chi connectivity index (χ1n) is 24.1. The molecule has 0 N–H and O–H groups in total. The average Bonchev–Trinajstić information content (AvgIpc) is 3.71. The molecule has 1 aliphatic carbocycles. The number of fused-ring (bicyclic) bond motifs is 6. The van der Waals surface area contributed by atoms with Gasteiger partial charge in [0.1, 0.15) is 0 Å². The Morgan fingerprint density at radius 3 is 1.17 bits per heavy atom. The minimum atomic E-state index is 1.11. The van der Waals surface area contributed by atoms with Crippen molar-refractivity contribution in [2.24, 2.45) is 0 Å². The van der Waals surface area contributed by atoms with Crippen molar-refractivity contribution in [1.82, 2.24) is 0 Å². The van der Waals surface area contributed by atoms with E-state index in [0.29, 0.717) is 0 Å². The van der Waals surface area contributed by atoms with E-state index in [1.54, 1.807) is 0 Å². The zero-order chi connectivity index (χ0) is 44.1. The highest BCUT2D eigenvalue weighted by molar-refractivity contribution is 6.29. The molecule has 11 aromatic rings. The SMILES string of the molecule is CCCCc1ccc(-c2c3ccccc3c(-c3ccc(CCCC)cc3)c3cc(-c4ccc5c6c(cccc46)-c4c-5c(-c5ccccc5)c5ccccc5c4-c4ccccc4)ccc23)cc1. The first kappa shape index (κ1) is 40.0. The number of hydrogen-bond donors (Lipinski definition) is 0. The summed E-state index contributed by atoms with van der Waals surface area (Å²) in [4.78, 5) is 0. The Morgan fingerprint density at radius 2 is 0.652 bits per heavy atom. The van der Waals surface area contributed by atoms with Crippen molar-refractivity contribution >= 4 is 43.1 Å². The largest absolute Gasteiger partial charge is 0.0654 e. The molecular weight excluding hydrogens is 793 g/mol. The van der Waals surface area contributed by atoms with E-state index in [0.717, 1.165) is 12.8 Å². The Bertz CT molecular complexity index is 3520. The molecule has 316 valence electrons. The lowest BCUT2D eigenvalue weighted by Gasteiger charge is -2.20. The maximum atomic E-state index is 2.51. The Hall–Kier alpha value is -7.54. The number of aryl methyl sites for hydroxylation is 2. The monoisotopic (exact) mass is 844 g/mol. The van der Waals surface area contributed by atoms with Crippen LogP contribution in [0.1, 0.15) is 50.7 Å². The summed E-state index contributed by atoms with van der Waals surface area (Å²) in [5, 5.41) is 10.3. The van der Waals surface area contributed by atoms with Gasteiger partial charge < -0.3 is 0 Å². The molecule has 66 heavy (non-hydrogen) atoms. The minimum Gasteiger partial charge on any atom is -0.0654 e. The van der Waals surface area contributed by atoms with E-state index in [-0.39, 0.29) is 0 Å². The summed E-state index contributed by atoms with van der Waals surface area (Å²) in [6.07, 6.45) is 7.04. The van der Waals surface area contributed by atoms with Gasteiger partial charge in [0.25, 0.3) is 0 Å². The van der Waals surface area contributed by atoms with Gasteiger partial charge in [-0.1, -0.05) is 227 Å². The quantitative estimate of drug-likeness (QED) is 0.114. The normalized spacial score (nSPS) is 11.8. The molecule has 0 unspecified atom stereocenters. The predicted molar refractivity (Wildman–Crippen MR) is 285 cm³/mol. The maximum absolute atomic E-state index is 2.51. The van der Waals surface area contributed by atoms with Crippen molar-refractivity contribution in [3.63, 3.8) is 0 Å². The first-order valence-corrected chi connectivity index (χ1v) is 24.1. The number of rotatable bonds is 11. The molecule has 0 aliphatic heterocycles. The van der Waals surface area contributed by atoms with Crippen LogP contribution in [0.5, 0.6) is 0 Å². The molecule has 0 fully saturated rings. The molecule has 0 atom stereocenters. The fraction of sp³-hybridized carbons (Fsp3) is 0.121. The Morgan fingerprint density at radius 1 is 0.258 bits per heavy atom. The van der Waals surface area contributed by atoms with Crippen molar-refractivity contribution in [2.45, 2.75) is 52.4 Å². The summed E-state index contributed by atoms with van der Waals surface area (Å²) in [6.45, 7) is 4.55. The minimum absolute atomic E-state index is 1.11. The van der Waals surface area contributed by atoms with E-state index < -0.39 is 0 Å². The van der Waals surface area contributed by atoms with Crippen molar-refractivity contribution in [2.75, 3.05) is 0 Å². The fourth-order valence-electron chi connectivity index (χ4n) is 11.3. The van der Waals surface area contributed by atoms with Crippen LogP contribution in [0.2, 0.25) is 0 Å². The van der Waals surface area contributed by atoms with Crippen LogP contribution in [-0.4, -0.2) is 0 Å². The average molecular weight is 845 g/mol. The van der Waals surface area contributed by atoms with Crippen molar-refractivity contribution in [3.8, 4) is 77.9 Å². The highest BCUT2D eigenvalue weighted by Crippen LogP contribution is 2.58. The number of benzene rings is 11. The molecule has 0 spiro atoms. The van der Waals surface area contributed by atoms with Gasteiger partial charge in [-0.15, -0.1) is 0 Å². The van der Waals surface area contributed by atoms with Gasteiger partial charge in [0, 0.05) is 0 Å². The second-order valence-corrected chi connectivity index (χ2v) is 18.3. The molecule has 0 amide bonds. The standard InChI is InChI=1S/C66H52/c1-3-5-18-43-30-34-47(35-31-43)60-52-24-13-14-25-53(52)61(48-36-32-44(33-37-48)19-6-4-2)59-42-49(38-39-56(59)60)50-40-41-58-64-51(50)28-17-29-57(64)65-62(45-20-9-7-10-21-45)54-26-15-16-27-55(54)63(66(58)65)46-22-11-8-12-23-46/h7-17,20-42H,3-6,18-19H2,1-2H3. The molecule has 11 aromatic carbocycles. The molecule has 0 aromatic heterocycles. The van der Waals surface area contributed by atoms with Gasteiger partial charge in [-0.05, 0) is 164 Å². The third-order valence-electron chi connectivity index (χ3n) is 14.4. The van der Waals surface area contributed by atoms with Crippen LogP contribution in [0.3, 0.4) is 0 Å². The second kappa shape index (κ2) is 16.8. The van der Waals surface area contributed by atoms with E-state index in [9.17, 15) is 0 Å². The molecule has 1 aliphatic rings. The summed E-state index contributed by atoms with van der Waals surface area (Å²) in [5.41, 5.74) is 20.8. The molecule has 0 heteroatoms. The van der Waals surface area contributed by atoms with Crippen LogP contribution in [0.25, 0.3) is 121 Å². The van der Waals surface area contributed by atoms with Gasteiger partial charge in [-0.25, -0.2) is 0 Å². The van der Waals surface area contributed by atoms with Crippen molar-refractivity contribution in [3.05, 3.63) is 217 Å². The van der Waals surface area contributed by atoms with E-state index in [4.69, 9.17) is 0 Å². The summed E-state index contributed by atoms with van der Waals surface area (Å²) >= 11 is 0. The van der Waals surface area contributed by atoms with Crippen LogP contribution in [0.15, 0.2) is 206 Å². The van der Waals surface area contributed by atoms with Gasteiger partial charge >= 0.3 is 0 Å². The van der Waals surface area contributed by atoms with Gasteiger partial charge in [0.05, 0.1) is 0 Å². The van der Waals surface area contributed by atoms with Crippen LogP contribution >= 0.6 is 0 Å². The molecular formula is C66H52. The molecule has 0 heterocycles. The zero-order valence-electron chi connectivity index (χ0n) is 37.9. The molecule has 0 radical (unpaired) electrons. The van der Waals surface area contributed by atoms with Crippen molar-refractivity contribution < 1.29 is 0 Å². The van der Waals surface area contributed by atoms with Gasteiger partial charge in [-0.2, -0.15) is 0 Å². The number of unbranched alkanes of at least 4 members (excludes halogenated alkanes) is 2. The van der Waals surface area contributed by atoms with Crippen molar-refractivity contribution in [1.29, 1.82) is 0 Å². The topological polar surface area (TPSA) is 0 Å². The Labute approximate surface area is 388 Å². The predicted octanol–water partition coefficient (Wildman–Crippen LogP) is 19.0. The van der Waals surface area contributed by atoms with E-state index in [1.165, 1.54) is 158 Å². The number of hydrogen-bond acceptors (Lipinski definition) is 0. The van der Waals surface area contributed by atoms with Crippen LogP contribution in [-0.2, 0) is 12.8 Å².